The van der Waals surface area contributed by atoms with Crippen LogP contribution in [0.3, 0.4) is 0 Å². The van der Waals surface area contributed by atoms with Gasteiger partial charge < -0.3 is 10.4 Å². The van der Waals surface area contributed by atoms with E-state index in [4.69, 9.17) is 0 Å². The number of benzene rings is 1. The van der Waals surface area contributed by atoms with E-state index in [1.807, 2.05) is 0 Å². The summed E-state index contributed by atoms with van der Waals surface area (Å²) < 4.78 is 40.9. The van der Waals surface area contributed by atoms with Gasteiger partial charge in [-0.3, -0.25) is 4.79 Å². The van der Waals surface area contributed by atoms with Gasteiger partial charge in [0.25, 0.3) is 5.91 Å². The van der Waals surface area contributed by atoms with Crippen molar-refractivity contribution in [3.8, 4) is 17.6 Å². The van der Waals surface area contributed by atoms with Crippen molar-refractivity contribution in [3.05, 3.63) is 23.5 Å². The Labute approximate surface area is 150 Å². The molecule has 1 spiro atoms. The molecule has 0 bridgehead atoms. The van der Waals surface area contributed by atoms with Crippen LogP contribution in [0.25, 0.3) is 0 Å². The molecule has 7 nitrogen and oxygen atoms in total. The maximum absolute atomic E-state index is 14.8. The summed E-state index contributed by atoms with van der Waals surface area (Å²) in [5.74, 6) is 3.70. The highest BCUT2D eigenvalue weighted by Gasteiger charge is 2.45. The fourth-order valence-electron chi connectivity index (χ4n) is 3.95. The normalized spacial score (nSPS) is 29.2. The second-order valence-electron chi connectivity index (χ2n) is 7.13. The number of halogens is 1. The molecule has 1 aromatic rings. The standard InChI is InChI=1S/C17H18FN3O4S/c18-15-12(2-1-11-7-17(8-11)5-6-19-10-17)3-4-13(22)16(15)21-9-14(23)20-26(21,24)25/h3-4,11,19,22H,5-10H2,(H,20,23). The molecule has 2 heterocycles. The number of rotatable bonds is 1. The van der Waals surface area contributed by atoms with Gasteiger partial charge in [-0.05, 0) is 43.4 Å². The molecule has 138 valence electrons. The molecule has 1 saturated carbocycles. The molecule has 4 rings (SSSR count). The van der Waals surface area contributed by atoms with Crippen LogP contribution in [0.4, 0.5) is 10.1 Å². The molecule has 1 aromatic carbocycles. The first kappa shape index (κ1) is 17.1. The van der Waals surface area contributed by atoms with E-state index in [1.165, 1.54) is 12.1 Å². The number of nitrogens with one attached hydrogen (secondary N) is 2. The summed E-state index contributed by atoms with van der Waals surface area (Å²) in [6.45, 7) is 1.44. The smallest absolute Gasteiger partial charge is 0.326 e. The fraction of sp³-hybridized carbons (Fsp3) is 0.471. The van der Waals surface area contributed by atoms with Crippen molar-refractivity contribution in [3.63, 3.8) is 0 Å². The van der Waals surface area contributed by atoms with Crippen LogP contribution in [0.15, 0.2) is 12.1 Å². The summed E-state index contributed by atoms with van der Waals surface area (Å²) in [4.78, 5) is 11.4. The first-order valence-electron chi connectivity index (χ1n) is 8.37. The Morgan fingerprint density at radius 2 is 2.12 bits per heavy atom. The predicted octanol–water partition coefficient (Wildman–Crippen LogP) is 0.453. The van der Waals surface area contributed by atoms with Crippen molar-refractivity contribution in [2.75, 3.05) is 23.9 Å². The molecule has 0 atom stereocenters. The Bertz CT molecular complexity index is 937. The zero-order valence-corrected chi connectivity index (χ0v) is 14.7. The average molecular weight is 379 g/mol. The summed E-state index contributed by atoms with van der Waals surface area (Å²) in [6.07, 6.45) is 3.08. The Hall–Kier alpha value is -2.31. The maximum atomic E-state index is 14.8. The molecule has 1 amide bonds. The third-order valence-electron chi connectivity index (χ3n) is 5.27. The minimum atomic E-state index is -4.21. The van der Waals surface area contributed by atoms with E-state index >= 15 is 0 Å². The fourth-order valence-corrected chi connectivity index (χ4v) is 5.11. The van der Waals surface area contributed by atoms with Gasteiger partial charge in [-0.25, -0.2) is 13.4 Å². The van der Waals surface area contributed by atoms with Gasteiger partial charge in [0.15, 0.2) is 5.82 Å². The quantitative estimate of drug-likeness (QED) is 0.616. The van der Waals surface area contributed by atoms with Crippen LogP contribution in [-0.4, -0.2) is 39.1 Å². The molecular weight excluding hydrogens is 361 g/mol. The van der Waals surface area contributed by atoms with E-state index in [-0.39, 0.29) is 11.5 Å². The summed E-state index contributed by atoms with van der Waals surface area (Å²) in [7, 11) is -4.21. The molecule has 0 unspecified atom stereocenters. The number of carbonyl (C=O) groups is 1. The summed E-state index contributed by atoms with van der Waals surface area (Å²) in [5, 5.41) is 13.3. The van der Waals surface area contributed by atoms with Crippen LogP contribution >= 0.6 is 0 Å². The van der Waals surface area contributed by atoms with Gasteiger partial charge in [0, 0.05) is 12.5 Å². The van der Waals surface area contributed by atoms with Gasteiger partial charge in [0.2, 0.25) is 0 Å². The molecule has 3 N–H and O–H groups in total. The number of carbonyl (C=O) groups excluding carboxylic acids is 1. The summed E-state index contributed by atoms with van der Waals surface area (Å²) in [5.41, 5.74) is -0.230. The van der Waals surface area contributed by atoms with Crippen LogP contribution in [0.2, 0.25) is 0 Å². The van der Waals surface area contributed by atoms with Crippen molar-refractivity contribution < 1.29 is 22.7 Å². The lowest BCUT2D eigenvalue weighted by atomic mass is 9.62. The molecule has 0 radical (unpaired) electrons. The maximum Gasteiger partial charge on any atom is 0.326 e. The van der Waals surface area contributed by atoms with E-state index in [9.17, 15) is 22.7 Å². The van der Waals surface area contributed by atoms with E-state index < -0.39 is 39.9 Å². The molecule has 2 aliphatic heterocycles. The van der Waals surface area contributed by atoms with Crippen molar-refractivity contribution in [2.24, 2.45) is 11.3 Å². The zero-order valence-electron chi connectivity index (χ0n) is 13.9. The highest BCUT2D eigenvalue weighted by atomic mass is 32.2. The topological polar surface area (TPSA) is 98.7 Å². The van der Waals surface area contributed by atoms with E-state index in [1.54, 1.807) is 4.72 Å². The molecule has 2 saturated heterocycles. The molecule has 9 heteroatoms. The summed E-state index contributed by atoms with van der Waals surface area (Å²) in [6, 6.07) is 2.49. The van der Waals surface area contributed by atoms with Gasteiger partial charge >= 0.3 is 10.2 Å². The SMILES string of the molecule is O=C1CN(c2c(O)ccc(C#CC3CC4(CCNC4)C3)c2F)S(=O)(=O)N1. The monoisotopic (exact) mass is 379 g/mol. The highest BCUT2D eigenvalue weighted by Crippen LogP contribution is 2.49. The lowest BCUT2D eigenvalue weighted by molar-refractivity contribution is -0.117. The third-order valence-corrected chi connectivity index (χ3v) is 6.64. The highest BCUT2D eigenvalue weighted by molar-refractivity contribution is 7.92. The lowest BCUT2D eigenvalue weighted by Crippen LogP contribution is -2.38. The Morgan fingerprint density at radius 1 is 1.35 bits per heavy atom. The number of aromatic hydroxyl groups is 1. The van der Waals surface area contributed by atoms with Crippen molar-refractivity contribution in [1.82, 2.24) is 10.0 Å². The zero-order chi connectivity index (χ0) is 18.5. The average Bonchev–Trinajstić information content (AvgIpc) is 3.10. The molecular formula is C17H18FN3O4S. The van der Waals surface area contributed by atoms with Gasteiger partial charge in [-0.1, -0.05) is 11.8 Å². The van der Waals surface area contributed by atoms with Crippen molar-refractivity contribution in [2.45, 2.75) is 19.3 Å². The Kier molecular flexibility index (Phi) is 3.86. The lowest BCUT2D eigenvalue weighted by Gasteiger charge is -2.42. The number of nitrogens with zero attached hydrogens (tertiary/aromatic N) is 1. The van der Waals surface area contributed by atoms with Gasteiger partial charge in [0.05, 0.1) is 5.56 Å². The number of phenolic OH excluding ortho intramolecular Hbond substituents is 1. The number of hydrogen-bond acceptors (Lipinski definition) is 5. The first-order valence-corrected chi connectivity index (χ1v) is 9.81. The van der Waals surface area contributed by atoms with Crippen LogP contribution in [0.5, 0.6) is 5.75 Å². The number of anilines is 1. The Morgan fingerprint density at radius 3 is 2.73 bits per heavy atom. The van der Waals surface area contributed by atoms with Crippen LogP contribution in [0, 0.1) is 29.0 Å². The van der Waals surface area contributed by atoms with E-state index in [2.05, 4.69) is 17.2 Å². The second kappa shape index (κ2) is 5.86. The molecule has 3 aliphatic rings. The number of amides is 1. The van der Waals surface area contributed by atoms with Crippen molar-refractivity contribution in [1.29, 1.82) is 0 Å². The van der Waals surface area contributed by atoms with Gasteiger partial charge in [0.1, 0.15) is 18.0 Å². The second-order valence-corrected chi connectivity index (χ2v) is 8.73. The van der Waals surface area contributed by atoms with Gasteiger partial charge in [-0.2, -0.15) is 8.42 Å². The molecule has 1 aliphatic carbocycles. The number of phenols is 1. The van der Waals surface area contributed by atoms with Gasteiger partial charge in [-0.15, -0.1) is 0 Å². The van der Waals surface area contributed by atoms with E-state index in [0.29, 0.717) is 9.72 Å². The number of hydrogen-bond donors (Lipinski definition) is 3. The van der Waals surface area contributed by atoms with Crippen molar-refractivity contribution >= 4 is 21.8 Å². The third kappa shape index (κ3) is 2.79. The van der Waals surface area contributed by atoms with E-state index in [0.717, 1.165) is 32.4 Å². The summed E-state index contributed by atoms with van der Waals surface area (Å²) >= 11 is 0. The molecule has 26 heavy (non-hydrogen) atoms. The Balaban J connectivity index is 1.60. The molecule has 3 fully saturated rings. The largest absolute Gasteiger partial charge is 0.506 e. The minimum Gasteiger partial charge on any atom is -0.506 e. The van der Waals surface area contributed by atoms with Crippen LogP contribution in [-0.2, 0) is 15.0 Å². The van der Waals surface area contributed by atoms with Crippen LogP contribution < -0.4 is 14.3 Å². The minimum absolute atomic E-state index is 0.00199. The molecule has 0 aromatic heterocycles. The predicted molar refractivity (Wildman–Crippen MR) is 92.0 cm³/mol. The first-order chi connectivity index (χ1) is 12.3. The van der Waals surface area contributed by atoms with Crippen LogP contribution in [0.1, 0.15) is 24.8 Å².